The Morgan fingerprint density at radius 1 is 1.56 bits per heavy atom. The minimum absolute atomic E-state index is 0.474. The first-order chi connectivity index (χ1) is 7.79. The molecule has 3 nitrogen and oxygen atoms in total. The zero-order chi connectivity index (χ0) is 11.4. The average molecular weight is 240 g/mol. The third-order valence-electron chi connectivity index (χ3n) is 2.83. The van der Waals surface area contributed by atoms with E-state index in [0.717, 1.165) is 32.6 Å². The van der Waals surface area contributed by atoms with Gasteiger partial charge in [0.05, 0.1) is 23.9 Å². The van der Waals surface area contributed by atoms with E-state index < -0.39 is 0 Å². The van der Waals surface area contributed by atoms with E-state index in [2.05, 4.69) is 24.1 Å². The number of aromatic nitrogens is 1. The fraction of sp³-hybridized carbons (Fsp3) is 0.750. The normalized spacial score (nSPS) is 21.2. The van der Waals surface area contributed by atoms with E-state index in [1.54, 1.807) is 0 Å². The standard InChI is InChI=1S/C12H20N2OS/c1-3-4-12-14-9(2)11(16-12)7-10-8-15-6-5-13-10/h10,13H,3-8H2,1-2H3. The third kappa shape index (κ3) is 3.03. The summed E-state index contributed by atoms with van der Waals surface area (Å²) >= 11 is 1.87. The minimum atomic E-state index is 0.474. The summed E-state index contributed by atoms with van der Waals surface area (Å²) in [5.74, 6) is 0. The SMILES string of the molecule is CCCc1nc(C)c(CC2COCCN2)s1. The lowest BCUT2D eigenvalue weighted by Gasteiger charge is -2.23. The number of ether oxygens (including phenoxy) is 1. The molecule has 1 fully saturated rings. The van der Waals surface area contributed by atoms with Gasteiger partial charge in [-0.2, -0.15) is 0 Å². The number of rotatable bonds is 4. The summed E-state index contributed by atoms with van der Waals surface area (Å²) in [6.45, 7) is 6.98. The lowest BCUT2D eigenvalue weighted by Crippen LogP contribution is -2.42. The molecule has 1 aromatic rings. The summed E-state index contributed by atoms with van der Waals surface area (Å²) in [4.78, 5) is 6.04. The molecule has 1 atom stereocenters. The van der Waals surface area contributed by atoms with Gasteiger partial charge in [-0.15, -0.1) is 11.3 Å². The van der Waals surface area contributed by atoms with Crippen LogP contribution >= 0.6 is 11.3 Å². The van der Waals surface area contributed by atoms with Gasteiger partial charge in [0.2, 0.25) is 0 Å². The molecule has 2 rings (SSSR count). The van der Waals surface area contributed by atoms with Gasteiger partial charge < -0.3 is 10.1 Å². The molecule has 2 heterocycles. The Labute approximate surface area is 101 Å². The number of hydrogen-bond donors (Lipinski definition) is 1. The van der Waals surface area contributed by atoms with Gasteiger partial charge in [-0.3, -0.25) is 0 Å². The number of nitrogens with one attached hydrogen (secondary N) is 1. The van der Waals surface area contributed by atoms with Gasteiger partial charge in [-0.05, 0) is 19.8 Å². The van der Waals surface area contributed by atoms with Crippen LogP contribution in [0.1, 0.15) is 28.9 Å². The van der Waals surface area contributed by atoms with Crippen LogP contribution in [0.25, 0.3) is 0 Å². The topological polar surface area (TPSA) is 34.1 Å². The van der Waals surface area contributed by atoms with Crippen LogP contribution < -0.4 is 5.32 Å². The highest BCUT2D eigenvalue weighted by molar-refractivity contribution is 7.11. The summed E-state index contributed by atoms with van der Waals surface area (Å²) in [6.07, 6.45) is 3.35. The molecule has 0 spiro atoms. The van der Waals surface area contributed by atoms with Crippen molar-refractivity contribution in [3.63, 3.8) is 0 Å². The Kier molecular flexibility index (Phi) is 4.32. The van der Waals surface area contributed by atoms with E-state index in [4.69, 9.17) is 4.74 Å². The van der Waals surface area contributed by atoms with Crippen molar-refractivity contribution in [3.8, 4) is 0 Å². The average Bonchev–Trinajstić information content (AvgIpc) is 2.61. The highest BCUT2D eigenvalue weighted by Gasteiger charge is 2.16. The maximum absolute atomic E-state index is 5.47. The second kappa shape index (κ2) is 5.75. The molecule has 0 radical (unpaired) electrons. The summed E-state index contributed by atoms with van der Waals surface area (Å²) in [7, 11) is 0. The molecule has 1 saturated heterocycles. The number of nitrogens with zero attached hydrogens (tertiary/aromatic N) is 1. The molecule has 90 valence electrons. The maximum Gasteiger partial charge on any atom is 0.0930 e. The van der Waals surface area contributed by atoms with Gasteiger partial charge in [-0.1, -0.05) is 6.92 Å². The van der Waals surface area contributed by atoms with Crippen LogP contribution in [-0.2, 0) is 17.6 Å². The van der Waals surface area contributed by atoms with Crippen molar-refractivity contribution in [1.82, 2.24) is 10.3 Å². The smallest absolute Gasteiger partial charge is 0.0930 e. The van der Waals surface area contributed by atoms with Crippen LogP contribution in [-0.4, -0.2) is 30.8 Å². The second-order valence-corrected chi connectivity index (χ2v) is 5.46. The van der Waals surface area contributed by atoms with E-state index in [9.17, 15) is 0 Å². The van der Waals surface area contributed by atoms with Crippen molar-refractivity contribution in [2.24, 2.45) is 0 Å². The zero-order valence-corrected chi connectivity index (χ0v) is 10.9. The van der Waals surface area contributed by atoms with Crippen LogP contribution in [0.15, 0.2) is 0 Å². The minimum Gasteiger partial charge on any atom is -0.379 e. The van der Waals surface area contributed by atoms with Gasteiger partial charge >= 0.3 is 0 Å². The molecule has 16 heavy (non-hydrogen) atoms. The first-order valence-electron chi connectivity index (χ1n) is 6.06. The van der Waals surface area contributed by atoms with Gasteiger partial charge in [0.25, 0.3) is 0 Å². The molecule has 1 unspecified atom stereocenters. The summed E-state index contributed by atoms with van der Waals surface area (Å²) in [6, 6.07) is 0.474. The van der Waals surface area contributed by atoms with Crippen LogP contribution in [0, 0.1) is 6.92 Å². The van der Waals surface area contributed by atoms with E-state index in [0.29, 0.717) is 6.04 Å². The van der Waals surface area contributed by atoms with Crippen LogP contribution in [0.2, 0.25) is 0 Å². The highest BCUT2D eigenvalue weighted by atomic mass is 32.1. The molecule has 1 aliphatic rings. The van der Waals surface area contributed by atoms with Crippen molar-refractivity contribution < 1.29 is 4.74 Å². The van der Waals surface area contributed by atoms with E-state index >= 15 is 0 Å². The summed E-state index contributed by atoms with van der Waals surface area (Å²) < 4.78 is 5.47. The fourth-order valence-electron chi connectivity index (χ4n) is 1.97. The quantitative estimate of drug-likeness (QED) is 0.873. The molecular weight excluding hydrogens is 220 g/mol. The molecule has 0 bridgehead atoms. The van der Waals surface area contributed by atoms with Crippen molar-refractivity contribution in [1.29, 1.82) is 0 Å². The number of hydrogen-bond acceptors (Lipinski definition) is 4. The summed E-state index contributed by atoms with van der Waals surface area (Å²) in [5.41, 5.74) is 1.21. The molecule has 1 N–H and O–H groups in total. The van der Waals surface area contributed by atoms with Crippen molar-refractivity contribution >= 4 is 11.3 Å². The van der Waals surface area contributed by atoms with E-state index in [1.807, 2.05) is 11.3 Å². The number of thiazole rings is 1. The van der Waals surface area contributed by atoms with Gasteiger partial charge in [0, 0.05) is 23.9 Å². The predicted octanol–water partition coefficient (Wildman–Crippen LogP) is 1.93. The Morgan fingerprint density at radius 2 is 2.44 bits per heavy atom. The first kappa shape index (κ1) is 12.0. The third-order valence-corrected chi connectivity index (χ3v) is 4.07. The van der Waals surface area contributed by atoms with E-state index in [-0.39, 0.29) is 0 Å². The van der Waals surface area contributed by atoms with Gasteiger partial charge in [0.15, 0.2) is 0 Å². The highest BCUT2D eigenvalue weighted by Crippen LogP contribution is 2.21. The van der Waals surface area contributed by atoms with Gasteiger partial charge in [-0.25, -0.2) is 4.98 Å². The monoisotopic (exact) mass is 240 g/mol. The van der Waals surface area contributed by atoms with Crippen LogP contribution in [0.5, 0.6) is 0 Å². The maximum atomic E-state index is 5.47. The molecule has 1 aromatic heterocycles. The number of aryl methyl sites for hydroxylation is 2. The van der Waals surface area contributed by atoms with Crippen LogP contribution in [0.3, 0.4) is 0 Å². The van der Waals surface area contributed by atoms with Crippen molar-refractivity contribution in [3.05, 3.63) is 15.6 Å². The fourth-order valence-corrected chi connectivity index (χ4v) is 3.22. The summed E-state index contributed by atoms with van der Waals surface area (Å²) in [5, 5.41) is 4.77. The lowest BCUT2D eigenvalue weighted by atomic mass is 10.1. The number of morpholine rings is 1. The van der Waals surface area contributed by atoms with Gasteiger partial charge in [0.1, 0.15) is 0 Å². The lowest BCUT2D eigenvalue weighted by molar-refractivity contribution is 0.0772. The molecule has 0 saturated carbocycles. The molecule has 0 amide bonds. The predicted molar refractivity (Wildman–Crippen MR) is 67.2 cm³/mol. The van der Waals surface area contributed by atoms with Crippen LogP contribution in [0.4, 0.5) is 0 Å². The Morgan fingerprint density at radius 3 is 3.12 bits per heavy atom. The Hall–Kier alpha value is -0.450. The zero-order valence-electron chi connectivity index (χ0n) is 10.1. The van der Waals surface area contributed by atoms with Crippen molar-refractivity contribution in [2.45, 2.75) is 39.2 Å². The largest absolute Gasteiger partial charge is 0.379 e. The molecular formula is C12H20N2OS. The Bertz CT molecular complexity index is 332. The Balaban J connectivity index is 1.96. The first-order valence-corrected chi connectivity index (χ1v) is 6.87. The van der Waals surface area contributed by atoms with E-state index in [1.165, 1.54) is 22.0 Å². The van der Waals surface area contributed by atoms with Crippen molar-refractivity contribution in [2.75, 3.05) is 19.8 Å². The molecule has 1 aliphatic heterocycles. The molecule has 0 aliphatic carbocycles. The molecule has 4 heteroatoms. The molecule has 0 aromatic carbocycles. The second-order valence-electron chi connectivity index (χ2n) is 4.30.